The molecule has 0 aromatic carbocycles. The summed E-state index contributed by atoms with van der Waals surface area (Å²) in [4.78, 5) is 3.85. The third-order valence-electron chi connectivity index (χ3n) is 1.90. The number of halogens is 4. The predicted molar refractivity (Wildman–Crippen MR) is 54.7 cm³/mol. The molecule has 0 bridgehead atoms. The minimum atomic E-state index is -4.40. The number of hydrogen-bond donors (Lipinski definition) is 0. The zero-order chi connectivity index (χ0) is 12.3. The first kappa shape index (κ1) is 13.1. The Kier molecular flexibility index (Phi) is 4.02. The number of rotatable bonds is 3. The van der Waals surface area contributed by atoms with Gasteiger partial charge in [-0.1, -0.05) is 0 Å². The van der Waals surface area contributed by atoms with E-state index in [1.54, 1.807) is 13.0 Å². The van der Waals surface area contributed by atoms with Gasteiger partial charge < -0.3 is 4.74 Å². The van der Waals surface area contributed by atoms with E-state index in [-0.39, 0.29) is 11.8 Å². The Morgan fingerprint density at radius 3 is 2.56 bits per heavy atom. The normalized spacial score (nSPS) is 13.6. The van der Waals surface area contributed by atoms with Crippen LogP contribution in [0.15, 0.2) is 12.1 Å². The summed E-state index contributed by atoms with van der Waals surface area (Å²) in [5.74, 6) is 0.153. The average molecular weight is 254 g/mol. The largest absolute Gasteiger partial charge is 0.465 e. The first-order valence-corrected chi connectivity index (χ1v) is 5.13. The van der Waals surface area contributed by atoms with Gasteiger partial charge in [-0.25, -0.2) is 4.98 Å². The number of hydrogen-bond acceptors (Lipinski definition) is 2. The third kappa shape index (κ3) is 3.56. The Bertz CT molecular complexity index is 368. The lowest BCUT2D eigenvalue weighted by atomic mass is 10.2. The van der Waals surface area contributed by atoms with Crippen molar-refractivity contribution in [2.75, 3.05) is 0 Å². The molecule has 0 radical (unpaired) electrons. The molecule has 1 aromatic heterocycles. The molecule has 0 aliphatic heterocycles. The summed E-state index contributed by atoms with van der Waals surface area (Å²) in [6.45, 7) is 2.60. The van der Waals surface area contributed by atoms with Crippen molar-refractivity contribution in [3.05, 3.63) is 23.4 Å². The highest BCUT2D eigenvalue weighted by atomic mass is 35.5. The summed E-state index contributed by atoms with van der Waals surface area (Å²) >= 11 is 5.59. The van der Waals surface area contributed by atoms with Crippen molar-refractivity contribution in [3.63, 3.8) is 0 Å². The van der Waals surface area contributed by atoms with E-state index in [1.165, 1.54) is 6.07 Å². The highest BCUT2D eigenvalue weighted by molar-refractivity contribution is 6.17. The highest BCUT2D eigenvalue weighted by Crippen LogP contribution is 2.24. The van der Waals surface area contributed by atoms with Crippen LogP contribution in [0.3, 0.4) is 0 Å². The van der Waals surface area contributed by atoms with E-state index in [0.29, 0.717) is 11.3 Å². The number of alkyl halides is 4. The second-order valence-electron chi connectivity index (χ2n) is 3.39. The second-order valence-corrected chi connectivity index (χ2v) is 3.66. The van der Waals surface area contributed by atoms with Crippen molar-refractivity contribution in [1.82, 2.24) is 4.98 Å². The zero-order valence-corrected chi connectivity index (χ0v) is 9.56. The summed E-state index contributed by atoms with van der Waals surface area (Å²) in [5.41, 5.74) is 1.25. The molecular weight excluding hydrogens is 243 g/mol. The van der Waals surface area contributed by atoms with Crippen LogP contribution in [0.5, 0.6) is 5.88 Å². The molecule has 0 N–H and O–H groups in total. The van der Waals surface area contributed by atoms with Crippen molar-refractivity contribution in [2.24, 2.45) is 0 Å². The van der Waals surface area contributed by atoms with Crippen LogP contribution in [0, 0.1) is 6.92 Å². The fraction of sp³-hybridized carbons (Fsp3) is 0.500. The number of aromatic nitrogens is 1. The maximum Gasteiger partial charge on any atom is 0.425 e. The molecule has 1 rings (SSSR count). The summed E-state index contributed by atoms with van der Waals surface area (Å²) in [7, 11) is 0. The highest BCUT2D eigenvalue weighted by Gasteiger charge is 2.38. The first-order chi connectivity index (χ1) is 7.32. The van der Waals surface area contributed by atoms with Crippen molar-refractivity contribution in [1.29, 1.82) is 0 Å². The first-order valence-electron chi connectivity index (χ1n) is 4.60. The van der Waals surface area contributed by atoms with Gasteiger partial charge in [0, 0.05) is 17.6 Å². The maximum absolute atomic E-state index is 12.2. The van der Waals surface area contributed by atoms with Gasteiger partial charge >= 0.3 is 6.18 Å². The molecule has 90 valence electrons. The molecule has 0 aliphatic rings. The minimum absolute atomic E-state index is 0.0551. The Morgan fingerprint density at radius 1 is 1.44 bits per heavy atom. The molecule has 1 heterocycles. The molecule has 1 aromatic rings. The van der Waals surface area contributed by atoms with E-state index in [1.807, 2.05) is 0 Å². The van der Waals surface area contributed by atoms with Gasteiger partial charge in [0.05, 0.1) is 0 Å². The van der Waals surface area contributed by atoms with Gasteiger partial charge in [-0.05, 0) is 25.5 Å². The van der Waals surface area contributed by atoms with Crippen LogP contribution in [0.25, 0.3) is 0 Å². The van der Waals surface area contributed by atoms with E-state index < -0.39 is 12.3 Å². The molecule has 0 spiro atoms. The molecule has 1 unspecified atom stereocenters. The fourth-order valence-electron chi connectivity index (χ4n) is 1.09. The van der Waals surface area contributed by atoms with Crippen LogP contribution in [0.1, 0.15) is 18.2 Å². The van der Waals surface area contributed by atoms with Crippen LogP contribution in [0.2, 0.25) is 0 Å². The van der Waals surface area contributed by atoms with Crippen LogP contribution in [0.4, 0.5) is 13.2 Å². The Hall–Kier alpha value is -0.970. The predicted octanol–water partition coefficient (Wildman–Crippen LogP) is 3.46. The van der Waals surface area contributed by atoms with E-state index in [9.17, 15) is 13.2 Å². The Morgan fingerprint density at radius 2 is 2.06 bits per heavy atom. The third-order valence-corrected chi connectivity index (χ3v) is 2.21. The lowest BCUT2D eigenvalue weighted by molar-refractivity contribution is -0.190. The lowest BCUT2D eigenvalue weighted by Crippen LogP contribution is -2.31. The number of ether oxygens (including phenoxy) is 1. The van der Waals surface area contributed by atoms with Gasteiger partial charge in [-0.3, -0.25) is 0 Å². The summed E-state index contributed by atoms with van der Waals surface area (Å²) in [6.07, 6.45) is -6.28. The zero-order valence-electron chi connectivity index (χ0n) is 8.81. The minimum Gasteiger partial charge on any atom is -0.465 e. The fourth-order valence-corrected chi connectivity index (χ4v) is 1.25. The summed E-state index contributed by atoms with van der Waals surface area (Å²) < 4.78 is 41.4. The van der Waals surface area contributed by atoms with E-state index in [4.69, 9.17) is 16.3 Å². The van der Waals surface area contributed by atoms with Crippen LogP contribution >= 0.6 is 11.6 Å². The molecule has 0 aliphatic carbocycles. The van der Waals surface area contributed by atoms with Crippen LogP contribution < -0.4 is 4.74 Å². The number of aryl methyl sites for hydroxylation is 1. The van der Waals surface area contributed by atoms with Crippen molar-refractivity contribution in [3.8, 4) is 5.88 Å². The van der Waals surface area contributed by atoms with Gasteiger partial charge in [0.25, 0.3) is 0 Å². The quantitative estimate of drug-likeness (QED) is 0.770. The summed E-state index contributed by atoms with van der Waals surface area (Å²) in [5, 5.41) is 0. The van der Waals surface area contributed by atoms with Crippen LogP contribution in [-0.4, -0.2) is 17.3 Å². The van der Waals surface area contributed by atoms with E-state index in [2.05, 4.69) is 4.98 Å². The SMILES string of the molecule is Cc1cc(CCl)cc(OC(C)C(F)(F)F)n1. The van der Waals surface area contributed by atoms with Gasteiger partial charge in [0.15, 0.2) is 6.10 Å². The van der Waals surface area contributed by atoms with Gasteiger partial charge in [-0.2, -0.15) is 13.2 Å². The lowest BCUT2D eigenvalue weighted by Gasteiger charge is -2.17. The smallest absolute Gasteiger partial charge is 0.425 e. The monoisotopic (exact) mass is 253 g/mol. The van der Waals surface area contributed by atoms with Gasteiger partial charge in [0.2, 0.25) is 5.88 Å². The number of nitrogens with zero attached hydrogens (tertiary/aromatic N) is 1. The maximum atomic E-state index is 12.2. The van der Waals surface area contributed by atoms with Crippen molar-refractivity contribution < 1.29 is 17.9 Å². The summed E-state index contributed by atoms with van der Waals surface area (Å²) in [6, 6.07) is 3.10. The molecular formula is C10H11ClF3NO. The molecule has 0 saturated carbocycles. The van der Waals surface area contributed by atoms with E-state index in [0.717, 1.165) is 6.92 Å². The molecule has 0 fully saturated rings. The topological polar surface area (TPSA) is 22.1 Å². The molecule has 1 atom stereocenters. The molecule has 2 nitrogen and oxygen atoms in total. The molecule has 6 heteroatoms. The average Bonchev–Trinajstić information content (AvgIpc) is 2.15. The standard InChI is InChI=1S/C10H11ClF3NO/c1-6-3-8(5-11)4-9(15-6)16-7(2)10(12,13)14/h3-4,7H,5H2,1-2H3. The van der Waals surface area contributed by atoms with Crippen LogP contribution in [-0.2, 0) is 5.88 Å². The molecule has 0 saturated heterocycles. The van der Waals surface area contributed by atoms with Gasteiger partial charge in [0.1, 0.15) is 0 Å². The van der Waals surface area contributed by atoms with Crippen molar-refractivity contribution >= 4 is 11.6 Å². The second kappa shape index (κ2) is 4.91. The Balaban J connectivity index is 2.85. The molecule has 16 heavy (non-hydrogen) atoms. The number of pyridine rings is 1. The van der Waals surface area contributed by atoms with E-state index >= 15 is 0 Å². The Labute approximate surface area is 96.4 Å². The molecule has 0 amide bonds. The van der Waals surface area contributed by atoms with Gasteiger partial charge in [-0.15, -0.1) is 11.6 Å². The van der Waals surface area contributed by atoms with Crippen molar-refractivity contribution in [2.45, 2.75) is 32.0 Å².